The summed E-state index contributed by atoms with van der Waals surface area (Å²) in [5, 5.41) is 11.8. The molecule has 0 saturated carbocycles. The second kappa shape index (κ2) is 11.6. The molecule has 0 bridgehead atoms. The van der Waals surface area contributed by atoms with Crippen LogP contribution in [0.1, 0.15) is 56.4 Å². The third-order valence-corrected chi connectivity index (χ3v) is 7.23. The highest BCUT2D eigenvalue weighted by Crippen LogP contribution is 2.34. The first-order chi connectivity index (χ1) is 17.0. The number of carbonyl (C=O) groups is 3. The van der Waals surface area contributed by atoms with Crippen molar-refractivity contribution in [1.82, 2.24) is 14.8 Å². The van der Waals surface area contributed by atoms with Crippen molar-refractivity contribution in [3.05, 3.63) is 51.2 Å². The van der Waals surface area contributed by atoms with Gasteiger partial charge in [0.1, 0.15) is 17.4 Å². The van der Waals surface area contributed by atoms with Gasteiger partial charge in [-0.2, -0.15) is 0 Å². The predicted molar refractivity (Wildman–Crippen MR) is 139 cm³/mol. The number of nitrogens with two attached hydrogens (primary N) is 1. The molecule has 0 atom stereocenters. The van der Waals surface area contributed by atoms with Crippen LogP contribution in [0.3, 0.4) is 0 Å². The number of rotatable bonds is 10. The van der Waals surface area contributed by atoms with Crippen LogP contribution in [0.4, 0.5) is 5.00 Å². The fourth-order valence-electron chi connectivity index (χ4n) is 3.41. The summed E-state index contributed by atoms with van der Waals surface area (Å²) >= 11 is 2.13. The first-order valence-electron chi connectivity index (χ1n) is 11.1. The van der Waals surface area contributed by atoms with Gasteiger partial charge in [-0.05, 0) is 63.4 Å². The number of amides is 2. The van der Waals surface area contributed by atoms with Crippen LogP contribution in [0, 0.1) is 20.8 Å². The van der Waals surface area contributed by atoms with Crippen LogP contribution in [0.2, 0.25) is 0 Å². The number of thiophene rings is 1. The minimum absolute atomic E-state index is 0.00538. The van der Waals surface area contributed by atoms with E-state index in [1.807, 2.05) is 26.0 Å². The number of hydrogen-bond donors (Lipinski definition) is 2. The van der Waals surface area contributed by atoms with E-state index < -0.39 is 11.9 Å². The third-order valence-electron chi connectivity index (χ3n) is 4.99. The molecule has 2 amide bonds. The molecule has 0 saturated heterocycles. The zero-order chi connectivity index (χ0) is 26.6. The topological polar surface area (TPSA) is 138 Å². The summed E-state index contributed by atoms with van der Waals surface area (Å²) in [6.07, 6.45) is -0.364. The minimum Gasteiger partial charge on any atom is -0.486 e. The highest BCUT2D eigenvalue weighted by Gasteiger charge is 2.26. The molecule has 10 nitrogen and oxygen atoms in total. The second-order valence-corrected chi connectivity index (χ2v) is 10.4. The van der Waals surface area contributed by atoms with Crippen molar-refractivity contribution in [3.8, 4) is 5.75 Å². The van der Waals surface area contributed by atoms with Gasteiger partial charge < -0.3 is 25.1 Å². The number of thioether (sulfide) groups is 1. The molecule has 0 fully saturated rings. The molecule has 0 aliphatic heterocycles. The lowest BCUT2D eigenvalue weighted by Gasteiger charge is -2.10. The van der Waals surface area contributed by atoms with E-state index >= 15 is 0 Å². The van der Waals surface area contributed by atoms with E-state index in [0.717, 1.165) is 28.2 Å². The van der Waals surface area contributed by atoms with Gasteiger partial charge in [0.15, 0.2) is 11.0 Å². The Morgan fingerprint density at radius 1 is 1.14 bits per heavy atom. The number of benzene rings is 1. The van der Waals surface area contributed by atoms with Crippen LogP contribution in [-0.2, 0) is 23.2 Å². The standard InChI is InChI=1S/C24H29N5O5S2/c1-12(2)34-23(32)19-15(5)20(21(25)31)36-22(19)26-18(30)11-35-24-28-27-17(29(24)6)10-33-16-8-13(3)7-14(4)9-16/h7-9,12H,10-11H2,1-6H3,(H2,25,31)(H,26,30). The van der Waals surface area contributed by atoms with Gasteiger partial charge in [0.2, 0.25) is 5.91 Å². The van der Waals surface area contributed by atoms with Crippen LogP contribution in [0.5, 0.6) is 5.75 Å². The molecule has 0 spiro atoms. The number of ether oxygens (including phenoxy) is 2. The highest BCUT2D eigenvalue weighted by molar-refractivity contribution is 7.99. The lowest BCUT2D eigenvalue weighted by Crippen LogP contribution is -2.18. The monoisotopic (exact) mass is 531 g/mol. The molecule has 0 unspecified atom stereocenters. The molecule has 3 rings (SSSR count). The molecule has 0 aliphatic carbocycles. The van der Waals surface area contributed by atoms with Crippen molar-refractivity contribution >= 4 is 45.9 Å². The van der Waals surface area contributed by atoms with Crippen molar-refractivity contribution < 1.29 is 23.9 Å². The van der Waals surface area contributed by atoms with Crippen molar-refractivity contribution in [2.45, 2.75) is 52.5 Å². The summed E-state index contributed by atoms with van der Waals surface area (Å²) in [5.74, 6) is -0.331. The van der Waals surface area contributed by atoms with Gasteiger partial charge >= 0.3 is 5.97 Å². The number of hydrogen-bond acceptors (Lipinski definition) is 9. The number of aryl methyl sites for hydroxylation is 2. The lowest BCUT2D eigenvalue weighted by molar-refractivity contribution is -0.113. The number of nitrogens with one attached hydrogen (secondary N) is 1. The van der Waals surface area contributed by atoms with Gasteiger partial charge in [0.25, 0.3) is 5.91 Å². The van der Waals surface area contributed by atoms with Gasteiger partial charge in [-0.1, -0.05) is 17.8 Å². The van der Waals surface area contributed by atoms with Gasteiger partial charge in [0, 0.05) is 7.05 Å². The molecule has 0 aliphatic rings. The fraction of sp³-hybridized carbons (Fsp3) is 0.375. The lowest BCUT2D eigenvalue weighted by atomic mass is 10.1. The van der Waals surface area contributed by atoms with E-state index in [-0.39, 0.29) is 39.8 Å². The zero-order valence-electron chi connectivity index (χ0n) is 21.0. The summed E-state index contributed by atoms with van der Waals surface area (Å²) in [6, 6.07) is 5.96. The first kappa shape index (κ1) is 27.2. The van der Waals surface area contributed by atoms with Gasteiger partial charge in [0.05, 0.1) is 22.3 Å². The Balaban J connectivity index is 1.65. The highest BCUT2D eigenvalue weighted by atomic mass is 32.2. The number of nitrogens with zero attached hydrogens (tertiary/aromatic N) is 3. The summed E-state index contributed by atoms with van der Waals surface area (Å²) in [6.45, 7) is 9.26. The smallest absolute Gasteiger partial charge is 0.341 e. The van der Waals surface area contributed by atoms with Crippen molar-refractivity contribution in [1.29, 1.82) is 0 Å². The maximum Gasteiger partial charge on any atom is 0.341 e. The molecule has 2 aromatic heterocycles. The van der Waals surface area contributed by atoms with E-state index in [1.165, 1.54) is 11.8 Å². The Hall–Kier alpha value is -3.38. The van der Waals surface area contributed by atoms with Crippen LogP contribution >= 0.6 is 23.1 Å². The molecule has 3 N–H and O–H groups in total. The molecule has 3 aromatic rings. The summed E-state index contributed by atoms with van der Waals surface area (Å²) in [5.41, 5.74) is 8.15. The zero-order valence-corrected chi connectivity index (χ0v) is 22.6. The fourth-order valence-corrected chi connectivity index (χ4v) is 5.20. The molecule has 1 aromatic carbocycles. The Labute approximate surface area is 217 Å². The maximum absolute atomic E-state index is 12.7. The SMILES string of the molecule is Cc1cc(C)cc(OCc2nnc(SCC(=O)Nc3sc(C(N)=O)c(C)c3C(=O)OC(C)C)n2C)c1. The molecule has 2 heterocycles. The molecule has 192 valence electrons. The van der Waals surface area contributed by atoms with Crippen LogP contribution in [0.15, 0.2) is 23.4 Å². The Bertz CT molecular complexity index is 1280. The number of primary amides is 1. The molecule has 0 radical (unpaired) electrons. The maximum atomic E-state index is 12.7. The van der Waals surface area contributed by atoms with E-state index in [4.69, 9.17) is 15.2 Å². The van der Waals surface area contributed by atoms with E-state index in [2.05, 4.69) is 21.6 Å². The normalized spacial score (nSPS) is 11.0. The second-order valence-electron chi connectivity index (χ2n) is 8.49. The Morgan fingerprint density at radius 2 is 1.81 bits per heavy atom. The number of carbonyl (C=O) groups excluding carboxylic acids is 3. The Kier molecular flexibility index (Phi) is 8.75. The van der Waals surface area contributed by atoms with E-state index in [1.54, 1.807) is 32.4 Å². The van der Waals surface area contributed by atoms with Crippen LogP contribution in [0.25, 0.3) is 0 Å². The summed E-state index contributed by atoms with van der Waals surface area (Å²) in [7, 11) is 1.79. The third kappa shape index (κ3) is 6.64. The average molecular weight is 532 g/mol. The van der Waals surface area contributed by atoms with E-state index in [9.17, 15) is 14.4 Å². The Morgan fingerprint density at radius 3 is 2.42 bits per heavy atom. The van der Waals surface area contributed by atoms with Crippen molar-refractivity contribution in [2.24, 2.45) is 12.8 Å². The van der Waals surface area contributed by atoms with Gasteiger partial charge in [-0.3, -0.25) is 9.59 Å². The molecular weight excluding hydrogens is 502 g/mol. The van der Waals surface area contributed by atoms with Gasteiger partial charge in [-0.15, -0.1) is 21.5 Å². The summed E-state index contributed by atoms with van der Waals surface area (Å²) in [4.78, 5) is 37.2. The largest absolute Gasteiger partial charge is 0.486 e. The quantitative estimate of drug-likeness (QED) is 0.298. The molecule has 36 heavy (non-hydrogen) atoms. The minimum atomic E-state index is -0.680. The van der Waals surface area contributed by atoms with Crippen molar-refractivity contribution in [3.63, 3.8) is 0 Å². The number of aromatic nitrogens is 3. The first-order valence-corrected chi connectivity index (χ1v) is 12.9. The predicted octanol–water partition coefficient (Wildman–Crippen LogP) is 3.78. The molecular formula is C24H29N5O5S2. The number of esters is 1. The van der Waals surface area contributed by atoms with Crippen molar-refractivity contribution in [2.75, 3.05) is 11.1 Å². The van der Waals surface area contributed by atoms with E-state index in [0.29, 0.717) is 16.5 Å². The van der Waals surface area contributed by atoms with Crippen LogP contribution < -0.4 is 15.8 Å². The van der Waals surface area contributed by atoms with Gasteiger partial charge in [-0.25, -0.2) is 4.79 Å². The van der Waals surface area contributed by atoms with Crippen LogP contribution in [-0.4, -0.2) is 44.4 Å². The number of anilines is 1. The average Bonchev–Trinajstić information content (AvgIpc) is 3.28. The summed E-state index contributed by atoms with van der Waals surface area (Å²) < 4.78 is 12.9. The molecule has 12 heteroatoms.